The van der Waals surface area contributed by atoms with Crippen molar-refractivity contribution < 1.29 is 8.97 Å². The van der Waals surface area contributed by atoms with Gasteiger partial charge in [0.1, 0.15) is 0 Å². The molecule has 0 amide bonds. The van der Waals surface area contributed by atoms with E-state index in [1.807, 2.05) is 0 Å². The molecule has 1 aliphatic heterocycles. The first kappa shape index (κ1) is 4.12. The Hall–Kier alpha value is -0.0451. The van der Waals surface area contributed by atoms with E-state index in [9.17, 15) is 4.32 Å². The third-order valence-electron chi connectivity index (χ3n) is 0.874. The number of hydrogen-bond donors (Lipinski definition) is 0. The van der Waals surface area contributed by atoms with Crippen molar-refractivity contribution >= 4 is 7.19 Å². The van der Waals surface area contributed by atoms with Gasteiger partial charge in [-0.1, -0.05) is 0 Å². The minimum atomic E-state index is -0.954. The van der Waals surface area contributed by atoms with Crippen molar-refractivity contribution in [2.45, 2.75) is 12.7 Å². The lowest BCUT2D eigenvalue weighted by Crippen LogP contribution is -1.99. The summed E-state index contributed by atoms with van der Waals surface area (Å²) in [6.07, 6.45) is 1.49. The van der Waals surface area contributed by atoms with Gasteiger partial charge in [0.15, 0.2) is 0 Å². The van der Waals surface area contributed by atoms with Gasteiger partial charge in [0.05, 0.1) is 0 Å². The van der Waals surface area contributed by atoms with Gasteiger partial charge < -0.3 is 4.65 Å². The second-order valence-corrected chi connectivity index (χ2v) is 1.42. The van der Waals surface area contributed by atoms with Gasteiger partial charge in [-0.3, -0.25) is 4.32 Å². The van der Waals surface area contributed by atoms with E-state index in [1.54, 1.807) is 0 Å². The average Bonchev–Trinajstić information content (AvgIpc) is 1.86. The Morgan fingerprint density at radius 1 is 1.67 bits per heavy atom. The maximum Gasteiger partial charge on any atom is 0.499 e. The van der Waals surface area contributed by atoms with E-state index < -0.39 is 7.19 Å². The number of rotatable bonds is 0. The zero-order valence-corrected chi connectivity index (χ0v) is 3.48. The molecule has 0 atom stereocenters. The van der Waals surface area contributed by atoms with E-state index in [4.69, 9.17) is 0 Å². The van der Waals surface area contributed by atoms with Gasteiger partial charge >= 0.3 is 7.19 Å². The molecule has 0 N–H and O–H groups in total. The Morgan fingerprint density at radius 3 is 2.67 bits per heavy atom. The molecule has 1 nitrogen and oxygen atoms in total. The highest BCUT2D eigenvalue weighted by atomic mass is 19.1. The summed E-state index contributed by atoms with van der Waals surface area (Å²) in [4.78, 5) is 0. The van der Waals surface area contributed by atoms with E-state index in [0.717, 1.165) is 6.42 Å². The van der Waals surface area contributed by atoms with Crippen molar-refractivity contribution in [3.8, 4) is 0 Å². The van der Waals surface area contributed by atoms with E-state index in [0.29, 0.717) is 12.9 Å². The van der Waals surface area contributed by atoms with Crippen LogP contribution in [0.15, 0.2) is 0 Å². The van der Waals surface area contributed by atoms with Gasteiger partial charge in [-0.15, -0.1) is 0 Å². The van der Waals surface area contributed by atoms with Crippen LogP contribution in [0.1, 0.15) is 6.42 Å². The molecule has 0 saturated carbocycles. The van der Waals surface area contributed by atoms with Crippen LogP contribution in [-0.4, -0.2) is 13.8 Å². The molecule has 0 radical (unpaired) electrons. The zero-order valence-electron chi connectivity index (χ0n) is 3.48. The first-order valence-electron chi connectivity index (χ1n) is 2.15. The molecule has 1 heterocycles. The summed E-state index contributed by atoms with van der Waals surface area (Å²) >= 11 is 0. The standard InChI is InChI=1S/C3H6BFO/c5-4-2-1-3-6-4/h1-3H2. The van der Waals surface area contributed by atoms with Crippen LogP contribution in [0.25, 0.3) is 0 Å². The molecular formula is C3H6BFO. The Balaban J connectivity index is 2.18. The first-order chi connectivity index (χ1) is 2.89. The van der Waals surface area contributed by atoms with Crippen LogP contribution < -0.4 is 0 Å². The lowest BCUT2D eigenvalue weighted by Gasteiger charge is -1.83. The third kappa shape index (κ3) is 0.714. The van der Waals surface area contributed by atoms with Crippen molar-refractivity contribution in [1.29, 1.82) is 0 Å². The molecule has 6 heavy (non-hydrogen) atoms. The molecule has 0 unspecified atom stereocenters. The van der Waals surface area contributed by atoms with Crippen molar-refractivity contribution in [2.75, 3.05) is 6.61 Å². The summed E-state index contributed by atoms with van der Waals surface area (Å²) in [5.41, 5.74) is 0. The summed E-state index contributed by atoms with van der Waals surface area (Å²) in [6.45, 7) is 0.612. The first-order valence-corrected chi connectivity index (χ1v) is 2.15. The fraction of sp³-hybridized carbons (Fsp3) is 1.00. The maximum absolute atomic E-state index is 11.7. The molecule has 0 aromatic rings. The predicted molar refractivity (Wildman–Crippen MR) is 22.2 cm³/mol. The van der Waals surface area contributed by atoms with Crippen LogP contribution in [0.3, 0.4) is 0 Å². The predicted octanol–water partition coefficient (Wildman–Crippen LogP) is 0.864. The molecule has 1 aliphatic rings. The van der Waals surface area contributed by atoms with Crippen LogP contribution in [0.2, 0.25) is 6.32 Å². The minimum Gasteiger partial charge on any atom is -0.408 e. The molecule has 1 rings (SSSR count). The van der Waals surface area contributed by atoms with Gasteiger partial charge in [0, 0.05) is 6.61 Å². The van der Waals surface area contributed by atoms with Crippen molar-refractivity contribution in [1.82, 2.24) is 0 Å². The van der Waals surface area contributed by atoms with Gasteiger partial charge in [0.25, 0.3) is 0 Å². The Bertz CT molecular complexity index is 44.1. The van der Waals surface area contributed by atoms with Crippen molar-refractivity contribution in [2.24, 2.45) is 0 Å². The third-order valence-corrected chi connectivity index (χ3v) is 0.874. The average molecular weight is 87.9 g/mol. The molecule has 34 valence electrons. The SMILES string of the molecule is FB1CCCO1. The highest BCUT2D eigenvalue weighted by molar-refractivity contribution is 6.44. The Labute approximate surface area is 36.6 Å². The van der Waals surface area contributed by atoms with Crippen LogP contribution in [0, 0.1) is 0 Å². The monoisotopic (exact) mass is 88.0 g/mol. The van der Waals surface area contributed by atoms with Crippen molar-refractivity contribution in [3.05, 3.63) is 0 Å². The smallest absolute Gasteiger partial charge is 0.408 e. The van der Waals surface area contributed by atoms with E-state index >= 15 is 0 Å². The summed E-state index contributed by atoms with van der Waals surface area (Å²) in [6, 6.07) is 0. The van der Waals surface area contributed by atoms with Crippen LogP contribution >= 0.6 is 0 Å². The van der Waals surface area contributed by atoms with Gasteiger partial charge in [-0.2, -0.15) is 0 Å². The normalized spacial score (nSPS) is 22.5. The van der Waals surface area contributed by atoms with E-state index in [2.05, 4.69) is 4.65 Å². The molecular weight excluding hydrogens is 81.8 g/mol. The second kappa shape index (κ2) is 1.60. The van der Waals surface area contributed by atoms with Gasteiger partial charge in [-0.05, 0) is 12.7 Å². The Morgan fingerprint density at radius 2 is 2.50 bits per heavy atom. The van der Waals surface area contributed by atoms with E-state index in [-0.39, 0.29) is 0 Å². The maximum atomic E-state index is 11.7. The van der Waals surface area contributed by atoms with Gasteiger partial charge in [0.2, 0.25) is 0 Å². The van der Waals surface area contributed by atoms with Gasteiger partial charge in [-0.25, -0.2) is 0 Å². The van der Waals surface area contributed by atoms with Crippen LogP contribution in [-0.2, 0) is 4.65 Å². The zero-order chi connectivity index (χ0) is 4.41. The molecule has 0 aromatic carbocycles. The summed E-state index contributed by atoms with van der Waals surface area (Å²) < 4.78 is 16.2. The topological polar surface area (TPSA) is 9.23 Å². The quantitative estimate of drug-likeness (QED) is 0.399. The number of halogens is 1. The highest BCUT2D eigenvalue weighted by Crippen LogP contribution is 2.08. The lowest BCUT2D eigenvalue weighted by atomic mass is 9.91. The lowest BCUT2D eigenvalue weighted by molar-refractivity contribution is 0.333. The molecule has 0 bridgehead atoms. The number of hydrogen-bond acceptors (Lipinski definition) is 1. The molecule has 1 fully saturated rings. The van der Waals surface area contributed by atoms with Crippen LogP contribution in [0.4, 0.5) is 4.32 Å². The second-order valence-electron chi connectivity index (χ2n) is 1.42. The largest absolute Gasteiger partial charge is 0.499 e. The summed E-state index contributed by atoms with van der Waals surface area (Å²) in [7, 11) is -0.954. The minimum absolute atomic E-state index is 0.597. The fourth-order valence-corrected chi connectivity index (χ4v) is 0.538. The van der Waals surface area contributed by atoms with Crippen LogP contribution in [0.5, 0.6) is 0 Å². The molecule has 0 aromatic heterocycles. The fourth-order valence-electron chi connectivity index (χ4n) is 0.538. The molecule has 0 spiro atoms. The summed E-state index contributed by atoms with van der Waals surface area (Å²) in [5, 5.41) is 0. The molecule has 1 saturated heterocycles. The molecule has 0 aliphatic carbocycles. The van der Waals surface area contributed by atoms with Crippen molar-refractivity contribution in [3.63, 3.8) is 0 Å². The highest BCUT2D eigenvalue weighted by Gasteiger charge is 2.20. The molecule has 3 heteroatoms. The summed E-state index contributed by atoms with van der Waals surface area (Å²) in [5.74, 6) is 0. The van der Waals surface area contributed by atoms with E-state index in [1.165, 1.54) is 0 Å². The Kier molecular flexibility index (Phi) is 1.10.